The zero-order valence-electron chi connectivity index (χ0n) is 18.3. The largest absolute Gasteiger partial charge is 0.497 e. The molecule has 3 aromatic carbocycles. The van der Waals surface area contributed by atoms with Gasteiger partial charge in [0.2, 0.25) is 18.7 Å². The highest BCUT2D eigenvalue weighted by Gasteiger charge is 2.42. The van der Waals surface area contributed by atoms with E-state index in [0.29, 0.717) is 39.8 Å². The highest BCUT2D eigenvalue weighted by Crippen LogP contribution is 2.41. The Morgan fingerprint density at radius 2 is 1.85 bits per heavy atom. The van der Waals surface area contributed by atoms with Crippen LogP contribution in [0.15, 0.2) is 59.1 Å². The summed E-state index contributed by atoms with van der Waals surface area (Å²) in [5.41, 5.74) is 2.44. The van der Waals surface area contributed by atoms with Crippen molar-refractivity contribution in [2.24, 2.45) is 0 Å². The van der Waals surface area contributed by atoms with Gasteiger partial charge in [0, 0.05) is 21.8 Å². The van der Waals surface area contributed by atoms with Crippen molar-refractivity contribution < 1.29 is 33.3 Å². The van der Waals surface area contributed by atoms with Crippen LogP contribution in [0, 0.1) is 6.92 Å². The molecule has 0 fully saturated rings. The third kappa shape index (κ3) is 4.14. The summed E-state index contributed by atoms with van der Waals surface area (Å²) in [6.07, 6.45) is -2.91. The molecule has 174 valence electrons. The monoisotopic (exact) mass is 525 g/mol. The predicted molar refractivity (Wildman–Crippen MR) is 126 cm³/mol. The molecule has 8 nitrogen and oxygen atoms in total. The fourth-order valence-electron chi connectivity index (χ4n) is 3.80. The van der Waals surface area contributed by atoms with Crippen LogP contribution in [0.1, 0.15) is 27.6 Å². The molecule has 0 saturated heterocycles. The van der Waals surface area contributed by atoms with E-state index in [2.05, 4.69) is 21.2 Å². The highest BCUT2D eigenvalue weighted by atomic mass is 79.9. The number of hydrogen-bond donors (Lipinski definition) is 1. The van der Waals surface area contributed by atoms with E-state index in [1.165, 1.54) is 7.11 Å². The maximum Gasteiger partial charge on any atom is 0.412 e. The van der Waals surface area contributed by atoms with Crippen molar-refractivity contribution in [3.63, 3.8) is 0 Å². The molecule has 1 N–H and O–H groups in total. The van der Waals surface area contributed by atoms with Crippen LogP contribution in [-0.4, -0.2) is 31.9 Å². The number of fused-ring (bicyclic) bond motifs is 2. The number of ether oxygens (including phenoxy) is 5. The Kier molecular flexibility index (Phi) is 5.79. The molecule has 0 radical (unpaired) electrons. The number of hydrogen-bond acceptors (Lipinski definition) is 7. The van der Waals surface area contributed by atoms with Gasteiger partial charge >= 0.3 is 6.09 Å². The zero-order chi connectivity index (χ0) is 23.8. The van der Waals surface area contributed by atoms with Crippen LogP contribution in [0.4, 0.5) is 10.5 Å². The molecule has 2 heterocycles. The van der Waals surface area contributed by atoms with Gasteiger partial charge in [-0.2, -0.15) is 0 Å². The average Bonchev–Trinajstić information content (AvgIpc) is 3.30. The van der Waals surface area contributed by atoms with Crippen LogP contribution in [0.5, 0.6) is 23.0 Å². The van der Waals surface area contributed by atoms with Gasteiger partial charge in [-0.05, 0) is 48.9 Å². The number of nitrogens with one attached hydrogen (secondary N) is 1. The van der Waals surface area contributed by atoms with Crippen LogP contribution in [-0.2, 0) is 4.74 Å². The molecule has 1 amide bonds. The minimum absolute atomic E-state index is 0.109. The van der Waals surface area contributed by atoms with E-state index in [9.17, 15) is 9.59 Å². The van der Waals surface area contributed by atoms with Crippen molar-refractivity contribution in [3.05, 3.63) is 75.8 Å². The molecule has 0 unspecified atom stereocenters. The fraction of sp³-hybridized carbons (Fsp3) is 0.200. The molecule has 5 rings (SSSR count). The minimum Gasteiger partial charge on any atom is -0.497 e. The Hall–Kier alpha value is -3.72. The predicted octanol–water partition coefficient (Wildman–Crippen LogP) is 5.43. The molecule has 2 aliphatic rings. The molecule has 2 atom stereocenters. The quantitative estimate of drug-likeness (QED) is 0.485. The van der Waals surface area contributed by atoms with Crippen LogP contribution < -0.4 is 24.3 Å². The van der Waals surface area contributed by atoms with E-state index in [1.807, 2.05) is 13.0 Å². The molecular weight excluding hydrogens is 506 g/mol. The molecule has 2 aliphatic heterocycles. The first-order valence-electron chi connectivity index (χ1n) is 10.4. The Labute approximate surface area is 203 Å². The first kappa shape index (κ1) is 22.1. The van der Waals surface area contributed by atoms with Crippen molar-refractivity contribution in [1.29, 1.82) is 0 Å². The third-order valence-electron chi connectivity index (χ3n) is 5.62. The Morgan fingerprint density at radius 1 is 1.03 bits per heavy atom. The zero-order valence-corrected chi connectivity index (χ0v) is 19.9. The third-order valence-corrected chi connectivity index (χ3v) is 6.47. The van der Waals surface area contributed by atoms with Gasteiger partial charge in [0.05, 0.1) is 12.7 Å². The van der Waals surface area contributed by atoms with Gasteiger partial charge in [-0.15, -0.1) is 0 Å². The van der Waals surface area contributed by atoms with E-state index in [4.69, 9.17) is 23.7 Å². The second-order valence-corrected chi connectivity index (χ2v) is 8.65. The second-order valence-electron chi connectivity index (χ2n) is 7.79. The summed E-state index contributed by atoms with van der Waals surface area (Å²) >= 11 is 3.44. The van der Waals surface area contributed by atoms with E-state index < -0.39 is 18.3 Å². The molecule has 0 spiro atoms. The maximum absolute atomic E-state index is 13.4. The van der Waals surface area contributed by atoms with Gasteiger partial charge < -0.3 is 23.7 Å². The topological polar surface area (TPSA) is 92.3 Å². The van der Waals surface area contributed by atoms with Gasteiger partial charge in [0.1, 0.15) is 11.5 Å². The van der Waals surface area contributed by atoms with Gasteiger partial charge in [0.15, 0.2) is 17.6 Å². The van der Waals surface area contributed by atoms with E-state index in [1.54, 1.807) is 48.5 Å². The normalized spacial score (nSPS) is 18.0. The molecule has 34 heavy (non-hydrogen) atoms. The molecule has 0 aromatic heterocycles. The van der Waals surface area contributed by atoms with E-state index in [-0.39, 0.29) is 12.6 Å². The Bertz CT molecular complexity index is 1290. The second kappa shape index (κ2) is 8.90. The number of amides is 1. The average molecular weight is 526 g/mol. The summed E-state index contributed by atoms with van der Waals surface area (Å²) in [5.74, 6) is 1.62. The summed E-state index contributed by atoms with van der Waals surface area (Å²) in [7, 11) is 1.53. The van der Waals surface area contributed by atoms with Crippen molar-refractivity contribution in [2.45, 2.75) is 19.1 Å². The summed E-state index contributed by atoms with van der Waals surface area (Å²) in [5, 5.41) is 2.67. The standard InChI is InChI=1S/C25H20BrNO7/c1-13-3-5-15(10-18(13)26)27-25(29)34-24-22(28)17-7-6-16(30-2)11-20(17)33-23(24)14-4-8-19-21(9-14)32-12-31-19/h3-11,23-24H,12H2,1-2H3,(H,27,29)/t23-,24+/m1/s1. The summed E-state index contributed by atoms with van der Waals surface area (Å²) in [4.78, 5) is 26.2. The highest BCUT2D eigenvalue weighted by molar-refractivity contribution is 9.10. The SMILES string of the molecule is COc1ccc2c(c1)O[C@H](c1ccc3c(c1)OCO3)[C@@H](OC(=O)Nc1ccc(C)c(Br)c1)C2=O. The number of rotatable bonds is 4. The number of ketones is 1. The molecule has 9 heteroatoms. The fourth-order valence-corrected chi connectivity index (χ4v) is 4.18. The molecule has 0 saturated carbocycles. The summed E-state index contributed by atoms with van der Waals surface area (Å²) in [6, 6.07) is 15.4. The van der Waals surface area contributed by atoms with Crippen molar-refractivity contribution in [3.8, 4) is 23.0 Å². The number of aryl methyl sites for hydroxylation is 1. The number of methoxy groups -OCH3 is 1. The number of anilines is 1. The van der Waals surface area contributed by atoms with Crippen LogP contribution in [0.3, 0.4) is 0 Å². The first-order valence-corrected chi connectivity index (χ1v) is 11.2. The number of carbonyl (C=O) groups is 2. The lowest BCUT2D eigenvalue weighted by Crippen LogP contribution is -2.40. The lowest BCUT2D eigenvalue weighted by atomic mass is 9.93. The molecule has 0 bridgehead atoms. The lowest BCUT2D eigenvalue weighted by Gasteiger charge is -2.32. The molecular formula is C25H20BrNO7. The summed E-state index contributed by atoms with van der Waals surface area (Å²) < 4.78 is 28.8. The van der Waals surface area contributed by atoms with Crippen LogP contribution in [0.2, 0.25) is 0 Å². The van der Waals surface area contributed by atoms with Crippen molar-refractivity contribution >= 4 is 33.5 Å². The Balaban J connectivity index is 1.47. The van der Waals surface area contributed by atoms with Gasteiger partial charge in [-0.1, -0.05) is 28.1 Å². The Morgan fingerprint density at radius 3 is 2.65 bits per heavy atom. The van der Waals surface area contributed by atoms with Crippen molar-refractivity contribution in [2.75, 3.05) is 19.2 Å². The van der Waals surface area contributed by atoms with Crippen molar-refractivity contribution in [1.82, 2.24) is 0 Å². The summed E-state index contributed by atoms with van der Waals surface area (Å²) in [6.45, 7) is 2.05. The van der Waals surface area contributed by atoms with Gasteiger partial charge in [-0.25, -0.2) is 4.79 Å². The smallest absolute Gasteiger partial charge is 0.412 e. The minimum atomic E-state index is -1.23. The molecule has 3 aromatic rings. The molecule has 0 aliphatic carbocycles. The van der Waals surface area contributed by atoms with Crippen LogP contribution >= 0.6 is 15.9 Å². The van der Waals surface area contributed by atoms with Gasteiger partial charge in [-0.3, -0.25) is 10.1 Å². The number of carbonyl (C=O) groups excluding carboxylic acids is 2. The first-order chi connectivity index (χ1) is 16.4. The van der Waals surface area contributed by atoms with E-state index in [0.717, 1.165) is 10.0 Å². The van der Waals surface area contributed by atoms with Gasteiger partial charge in [0.25, 0.3) is 0 Å². The van der Waals surface area contributed by atoms with E-state index >= 15 is 0 Å². The van der Waals surface area contributed by atoms with Crippen LogP contribution in [0.25, 0.3) is 0 Å². The maximum atomic E-state index is 13.4. The lowest BCUT2D eigenvalue weighted by molar-refractivity contribution is 0.0131. The number of halogens is 1. The number of Topliss-reactive ketones (excluding diaryl/α,β-unsaturated/α-hetero) is 1. The number of benzene rings is 3.